The third-order valence-electron chi connectivity index (χ3n) is 4.82. The summed E-state index contributed by atoms with van der Waals surface area (Å²) in [6.07, 6.45) is 0. The molecule has 144 valence electrons. The Labute approximate surface area is 170 Å². The minimum atomic E-state index is -0.273. The second kappa shape index (κ2) is 7.18. The van der Waals surface area contributed by atoms with Crippen molar-refractivity contribution in [2.45, 2.75) is 13.2 Å². The highest BCUT2D eigenvalue weighted by Gasteiger charge is 2.16. The van der Waals surface area contributed by atoms with E-state index in [1.807, 2.05) is 42.5 Å². The monoisotopic (exact) mass is 405 g/mol. The van der Waals surface area contributed by atoms with Crippen LogP contribution in [0.3, 0.4) is 0 Å². The Hall–Kier alpha value is -3.45. The largest absolute Gasteiger partial charge is 0.488 e. The van der Waals surface area contributed by atoms with Crippen molar-refractivity contribution in [1.82, 2.24) is 14.8 Å². The number of para-hydroxylation sites is 1. The lowest BCUT2D eigenvalue weighted by molar-refractivity contribution is 0.309. The maximum Gasteiger partial charge on any atom is 0.284 e. The fraction of sp³-hybridized carbons (Fsp3) is 0.0909. The van der Waals surface area contributed by atoms with Gasteiger partial charge in [-0.3, -0.25) is 0 Å². The number of aromatic amines is 1. The molecule has 29 heavy (non-hydrogen) atoms. The fourth-order valence-electron chi connectivity index (χ4n) is 3.61. The van der Waals surface area contributed by atoms with E-state index in [2.05, 4.69) is 20.8 Å². The van der Waals surface area contributed by atoms with Crippen molar-refractivity contribution in [3.63, 3.8) is 0 Å². The maximum atomic E-state index is 13.5. The van der Waals surface area contributed by atoms with Crippen LogP contribution < -0.4 is 4.74 Å². The summed E-state index contributed by atoms with van der Waals surface area (Å²) < 4.78 is 27.2. The van der Waals surface area contributed by atoms with Gasteiger partial charge in [0.25, 0.3) is 4.84 Å². The Morgan fingerprint density at radius 1 is 1.03 bits per heavy atom. The third-order valence-corrected chi connectivity index (χ3v) is 4.99. The van der Waals surface area contributed by atoms with E-state index in [1.54, 1.807) is 6.07 Å². The van der Waals surface area contributed by atoms with Gasteiger partial charge < -0.3 is 13.7 Å². The smallest absolute Gasteiger partial charge is 0.284 e. The fourth-order valence-corrected chi connectivity index (χ4v) is 3.75. The van der Waals surface area contributed by atoms with E-state index < -0.39 is 0 Å². The van der Waals surface area contributed by atoms with Gasteiger partial charge in [0.2, 0.25) is 5.89 Å². The molecule has 0 radical (unpaired) electrons. The van der Waals surface area contributed by atoms with Gasteiger partial charge in [0, 0.05) is 16.3 Å². The first-order chi connectivity index (χ1) is 14.2. The van der Waals surface area contributed by atoms with Crippen LogP contribution >= 0.6 is 12.2 Å². The molecule has 0 aliphatic carbocycles. The average Bonchev–Trinajstić information content (AvgIpc) is 3.29. The first-order valence-electron chi connectivity index (χ1n) is 9.10. The van der Waals surface area contributed by atoms with Crippen molar-refractivity contribution in [2.24, 2.45) is 0 Å². The first-order valence-corrected chi connectivity index (χ1v) is 9.51. The van der Waals surface area contributed by atoms with Crippen molar-refractivity contribution in [2.75, 3.05) is 0 Å². The Morgan fingerprint density at radius 3 is 2.69 bits per heavy atom. The van der Waals surface area contributed by atoms with Crippen LogP contribution in [0, 0.1) is 10.7 Å². The van der Waals surface area contributed by atoms with Gasteiger partial charge in [-0.1, -0.05) is 36.4 Å². The van der Waals surface area contributed by atoms with Crippen LogP contribution in [0.5, 0.6) is 5.75 Å². The number of fused-ring (bicyclic) bond motifs is 3. The van der Waals surface area contributed by atoms with E-state index in [9.17, 15) is 4.39 Å². The molecular formula is C22H16FN3O2S. The summed E-state index contributed by atoms with van der Waals surface area (Å²) in [5, 5.41) is 8.84. The molecule has 1 N–H and O–H groups in total. The van der Waals surface area contributed by atoms with Crippen LogP contribution in [0.1, 0.15) is 11.5 Å². The quantitative estimate of drug-likeness (QED) is 0.386. The second-order valence-electron chi connectivity index (χ2n) is 6.68. The minimum Gasteiger partial charge on any atom is -0.488 e. The zero-order valence-corrected chi connectivity index (χ0v) is 16.1. The molecule has 0 unspecified atom stereocenters. The van der Waals surface area contributed by atoms with E-state index in [0.717, 1.165) is 33.1 Å². The lowest BCUT2D eigenvalue weighted by atomic mass is 10.1. The summed E-state index contributed by atoms with van der Waals surface area (Å²) in [6, 6.07) is 20.4. The van der Waals surface area contributed by atoms with Gasteiger partial charge in [0.05, 0.1) is 5.52 Å². The van der Waals surface area contributed by atoms with Crippen molar-refractivity contribution in [3.05, 3.63) is 88.8 Å². The zero-order valence-electron chi connectivity index (χ0n) is 15.3. The number of halogens is 1. The second-order valence-corrected chi connectivity index (χ2v) is 7.05. The molecule has 0 aliphatic rings. The normalized spacial score (nSPS) is 11.3. The average molecular weight is 405 g/mol. The van der Waals surface area contributed by atoms with Crippen molar-refractivity contribution < 1.29 is 13.5 Å². The summed E-state index contributed by atoms with van der Waals surface area (Å²) in [5.41, 5.74) is 2.81. The van der Waals surface area contributed by atoms with Crippen LogP contribution in [-0.2, 0) is 13.2 Å². The SMILES string of the molecule is Fc1cccc(COc2cccc3c2c2ccccc2n3Cc2n[nH]c(=S)o2)c1. The van der Waals surface area contributed by atoms with Gasteiger partial charge >= 0.3 is 0 Å². The van der Waals surface area contributed by atoms with Gasteiger partial charge in [-0.2, -0.15) is 0 Å². The lowest BCUT2D eigenvalue weighted by Gasteiger charge is -2.09. The number of H-pyrrole nitrogens is 1. The number of nitrogens with zero attached hydrogens (tertiary/aromatic N) is 2. The summed E-state index contributed by atoms with van der Waals surface area (Å²) in [7, 11) is 0. The molecule has 3 aromatic carbocycles. The van der Waals surface area contributed by atoms with E-state index in [-0.39, 0.29) is 17.3 Å². The maximum absolute atomic E-state index is 13.5. The Bertz CT molecular complexity index is 1390. The number of hydrogen-bond donors (Lipinski definition) is 1. The van der Waals surface area contributed by atoms with E-state index >= 15 is 0 Å². The third kappa shape index (κ3) is 3.30. The van der Waals surface area contributed by atoms with E-state index in [1.165, 1.54) is 12.1 Å². The first kappa shape index (κ1) is 17.6. The van der Waals surface area contributed by atoms with Crippen LogP contribution in [0.25, 0.3) is 21.8 Å². The molecule has 5 aromatic rings. The molecule has 0 fully saturated rings. The molecular weight excluding hydrogens is 389 g/mol. The number of aromatic nitrogens is 3. The van der Waals surface area contributed by atoms with Gasteiger partial charge in [-0.05, 0) is 48.1 Å². The summed E-state index contributed by atoms with van der Waals surface area (Å²) in [5.74, 6) is 0.971. The molecule has 0 bridgehead atoms. The molecule has 5 nitrogen and oxygen atoms in total. The summed E-state index contributed by atoms with van der Waals surface area (Å²) in [6.45, 7) is 0.717. The number of rotatable bonds is 5. The van der Waals surface area contributed by atoms with Gasteiger partial charge in [0.15, 0.2) is 0 Å². The Balaban J connectivity index is 1.61. The summed E-state index contributed by atoms with van der Waals surface area (Å²) >= 11 is 4.99. The predicted molar refractivity (Wildman–Crippen MR) is 111 cm³/mol. The Kier molecular flexibility index (Phi) is 4.37. The molecule has 0 saturated carbocycles. The van der Waals surface area contributed by atoms with Crippen molar-refractivity contribution in [1.29, 1.82) is 0 Å². The van der Waals surface area contributed by atoms with Crippen molar-refractivity contribution in [3.8, 4) is 5.75 Å². The molecule has 7 heteroatoms. The zero-order chi connectivity index (χ0) is 19.8. The summed E-state index contributed by atoms with van der Waals surface area (Å²) in [4.78, 5) is 0.250. The number of nitrogens with one attached hydrogen (secondary N) is 1. The molecule has 5 rings (SSSR count). The van der Waals surface area contributed by atoms with Crippen LogP contribution in [-0.4, -0.2) is 14.8 Å². The molecule has 2 heterocycles. The molecule has 0 aliphatic heterocycles. The molecule has 0 amide bonds. The number of benzene rings is 3. The molecule has 0 atom stereocenters. The minimum absolute atomic E-state index is 0.250. The number of ether oxygens (including phenoxy) is 1. The van der Waals surface area contributed by atoms with E-state index in [0.29, 0.717) is 12.4 Å². The van der Waals surface area contributed by atoms with Gasteiger partial charge in [-0.25, -0.2) is 9.49 Å². The van der Waals surface area contributed by atoms with E-state index in [4.69, 9.17) is 21.4 Å². The van der Waals surface area contributed by atoms with Gasteiger partial charge in [-0.15, -0.1) is 5.10 Å². The van der Waals surface area contributed by atoms with Crippen LogP contribution in [0.4, 0.5) is 4.39 Å². The highest BCUT2D eigenvalue weighted by atomic mass is 32.1. The standard InChI is InChI=1S/C22H16FN3O2S/c23-15-6-3-5-14(11-15)13-27-19-10-4-9-18-21(19)16-7-1-2-8-17(16)26(18)12-20-24-25-22(29)28-20/h1-11H,12-13H2,(H,25,29). The predicted octanol–water partition coefficient (Wildman–Crippen LogP) is 5.61. The van der Waals surface area contributed by atoms with Crippen LogP contribution in [0.2, 0.25) is 0 Å². The highest BCUT2D eigenvalue weighted by Crippen LogP contribution is 2.36. The van der Waals surface area contributed by atoms with Crippen LogP contribution in [0.15, 0.2) is 71.1 Å². The molecule has 2 aromatic heterocycles. The topological polar surface area (TPSA) is 56.0 Å². The highest BCUT2D eigenvalue weighted by molar-refractivity contribution is 7.71. The number of hydrogen-bond acceptors (Lipinski definition) is 4. The molecule has 0 spiro atoms. The van der Waals surface area contributed by atoms with Crippen molar-refractivity contribution >= 4 is 34.0 Å². The Morgan fingerprint density at radius 2 is 1.86 bits per heavy atom. The van der Waals surface area contributed by atoms with Gasteiger partial charge in [0.1, 0.15) is 24.7 Å². The lowest BCUT2D eigenvalue weighted by Crippen LogP contribution is -2.00. The molecule has 0 saturated heterocycles.